The molecule has 156 valence electrons. The zero-order chi connectivity index (χ0) is 21.9. The highest BCUT2D eigenvalue weighted by Crippen LogP contribution is 2.59. The summed E-state index contributed by atoms with van der Waals surface area (Å²) in [6.07, 6.45) is -1.95. The molecular formula is C23H20ClF3N2O. The van der Waals surface area contributed by atoms with Gasteiger partial charge in [-0.25, -0.2) is 0 Å². The first-order valence-electron chi connectivity index (χ1n) is 9.33. The van der Waals surface area contributed by atoms with E-state index in [1.807, 2.05) is 44.2 Å². The third-order valence-electron chi connectivity index (χ3n) is 5.26. The Labute approximate surface area is 178 Å². The van der Waals surface area contributed by atoms with Crippen LogP contribution in [0.5, 0.6) is 11.5 Å². The summed E-state index contributed by atoms with van der Waals surface area (Å²) in [6, 6.07) is 17.6. The molecule has 0 bridgehead atoms. The Morgan fingerprint density at radius 3 is 2.43 bits per heavy atom. The van der Waals surface area contributed by atoms with Crippen molar-refractivity contribution in [1.29, 1.82) is 5.26 Å². The highest BCUT2D eigenvalue weighted by molar-refractivity contribution is 6.30. The van der Waals surface area contributed by atoms with Crippen LogP contribution in [0.1, 0.15) is 25.5 Å². The third-order valence-corrected chi connectivity index (χ3v) is 5.60. The van der Waals surface area contributed by atoms with E-state index in [1.165, 1.54) is 0 Å². The highest BCUT2D eigenvalue weighted by Gasteiger charge is 2.56. The van der Waals surface area contributed by atoms with Gasteiger partial charge in [-0.3, -0.25) is 4.99 Å². The molecule has 3 atom stereocenters. The Hall–Kier alpha value is -2.78. The molecule has 7 heteroatoms. The van der Waals surface area contributed by atoms with Gasteiger partial charge in [0, 0.05) is 12.1 Å². The number of hydrogen-bond donors (Lipinski definition) is 0. The van der Waals surface area contributed by atoms with Gasteiger partial charge in [-0.2, -0.15) is 18.4 Å². The molecule has 0 saturated heterocycles. The highest BCUT2D eigenvalue weighted by atomic mass is 35.5. The standard InChI is InChI=1S/C23H20ClF3N2O/c1-22(2)18(12-21(24)23(25,26)27)19(22)14-29-20(13-28)15-7-6-10-17(11-15)30-16-8-4-3-5-9-16/h3-12,14,18-20H,1-2H3/b21-12-,29-14+. The summed E-state index contributed by atoms with van der Waals surface area (Å²) in [5, 5.41) is 8.43. The lowest BCUT2D eigenvalue weighted by Gasteiger charge is -2.09. The number of nitriles is 1. The largest absolute Gasteiger partial charge is 0.457 e. The van der Waals surface area contributed by atoms with Gasteiger partial charge in [0.15, 0.2) is 6.04 Å². The van der Waals surface area contributed by atoms with E-state index in [1.54, 1.807) is 30.5 Å². The Morgan fingerprint density at radius 1 is 1.13 bits per heavy atom. The Bertz CT molecular complexity index is 993. The van der Waals surface area contributed by atoms with Crippen LogP contribution in [0.25, 0.3) is 0 Å². The van der Waals surface area contributed by atoms with E-state index in [-0.39, 0.29) is 11.8 Å². The van der Waals surface area contributed by atoms with E-state index < -0.39 is 22.7 Å². The summed E-state index contributed by atoms with van der Waals surface area (Å²) in [6.45, 7) is 3.70. The number of ether oxygens (including phenoxy) is 1. The van der Waals surface area contributed by atoms with E-state index in [9.17, 15) is 18.4 Å². The Kier molecular flexibility index (Phi) is 6.23. The van der Waals surface area contributed by atoms with Crippen molar-refractivity contribution < 1.29 is 17.9 Å². The second-order valence-electron chi connectivity index (χ2n) is 7.70. The molecule has 2 aromatic rings. The minimum Gasteiger partial charge on any atom is -0.457 e. The summed E-state index contributed by atoms with van der Waals surface area (Å²) >= 11 is 5.38. The molecule has 0 spiro atoms. The first-order chi connectivity index (χ1) is 14.1. The zero-order valence-corrected chi connectivity index (χ0v) is 17.2. The molecule has 1 aliphatic carbocycles. The van der Waals surface area contributed by atoms with Crippen molar-refractivity contribution in [2.45, 2.75) is 26.1 Å². The molecule has 1 aliphatic rings. The van der Waals surface area contributed by atoms with Crippen molar-refractivity contribution >= 4 is 17.8 Å². The number of alkyl halides is 3. The van der Waals surface area contributed by atoms with Crippen LogP contribution in [0.3, 0.4) is 0 Å². The Balaban J connectivity index is 1.74. The second kappa shape index (κ2) is 8.53. The van der Waals surface area contributed by atoms with Gasteiger partial charge >= 0.3 is 6.18 Å². The lowest BCUT2D eigenvalue weighted by Crippen LogP contribution is -2.07. The lowest BCUT2D eigenvalue weighted by molar-refractivity contribution is -0.0848. The van der Waals surface area contributed by atoms with Gasteiger partial charge in [0.05, 0.1) is 6.07 Å². The van der Waals surface area contributed by atoms with Crippen LogP contribution in [-0.4, -0.2) is 12.4 Å². The van der Waals surface area contributed by atoms with Crippen LogP contribution < -0.4 is 4.74 Å². The van der Waals surface area contributed by atoms with Gasteiger partial charge in [-0.05, 0) is 41.2 Å². The van der Waals surface area contributed by atoms with E-state index in [0.717, 1.165) is 6.08 Å². The minimum atomic E-state index is -4.56. The fourth-order valence-electron chi connectivity index (χ4n) is 3.32. The molecule has 3 unspecified atom stereocenters. The number of aliphatic imine (C=N–C) groups is 1. The molecule has 0 heterocycles. The van der Waals surface area contributed by atoms with Crippen molar-refractivity contribution in [2.24, 2.45) is 22.2 Å². The van der Waals surface area contributed by atoms with Crippen molar-refractivity contribution in [3.63, 3.8) is 0 Å². The predicted octanol–water partition coefficient (Wildman–Crippen LogP) is 7.07. The third kappa shape index (κ3) is 5.03. The molecule has 2 aromatic carbocycles. The van der Waals surface area contributed by atoms with Crippen LogP contribution >= 0.6 is 11.6 Å². The number of allylic oxidation sites excluding steroid dienone is 2. The smallest absolute Gasteiger partial charge is 0.426 e. The monoisotopic (exact) mass is 432 g/mol. The van der Waals surface area contributed by atoms with Crippen molar-refractivity contribution in [1.82, 2.24) is 0 Å². The molecule has 0 amide bonds. The van der Waals surface area contributed by atoms with Gasteiger partial charge < -0.3 is 4.74 Å². The molecule has 0 N–H and O–H groups in total. The van der Waals surface area contributed by atoms with Crippen LogP contribution in [-0.2, 0) is 0 Å². The number of halogens is 4. The van der Waals surface area contributed by atoms with Crippen LogP contribution in [0.2, 0.25) is 0 Å². The molecule has 3 nitrogen and oxygen atoms in total. The number of rotatable bonds is 6. The average Bonchev–Trinajstić information content (AvgIpc) is 3.21. The molecule has 0 aliphatic heterocycles. The van der Waals surface area contributed by atoms with Crippen molar-refractivity contribution in [3.05, 3.63) is 71.3 Å². The molecule has 3 rings (SSSR count). The number of benzene rings is 2. The Morgan fingerprint density at radius 2 is 1.80 bits per heavy atom. The van der Waals surface area contributed by atoms with Crippen molar-refractivity contribution in [3.8, 4) is 17.6 Å². The van der Waals surface area contributed by atoms with E-state index in [4.69, 9.17) is 16.3 Å². The first-order valence-corrected chi connectivity index (χ1v) is 9.71. The number of nitrogens with zero attached hydrogens (tertiary/aromatic N) is 2. The average molecular weight is 433 g/mol. The van der Waals surface area contributed by atoms with E-state index in [2.05, 4.69) is 11.1 Å². The maximum absolute atomic E-state index is 12.7. The molecule has 0 aromatic heterocycles. The fraction of sp³-hybridized carbons (Fsp3) is 0.304. The topological polar surface area (TPSA) is 45.4 Å². The van der Waals surface area contributed by atoms with Gasteiger partial charge in [-0.1, -0.05) is 61.9 Å². The van der Waals surface area contributed by atoms with Gasteiger partial charge in [0.2, 0.25) is 0 Å². The molecular weight excluding hydrogens is 413 g/mol. The molecule has 0 radical (unpaired) electrons. The van der Waals surface area contributed by atoms with Crippen LogP contribution in [0.4, 0.5) is 13.2 Å². The molecule has 30 heavy (non-hydrogen) atoms. The predicted molar refractivity (Wildman–Crippen MR) is 111 cm³/mol. The van der Waals surface area contributed by atoms with Gasteiger partial charge in [0.1, 0.15) is 16.5 Å². The summed E-state index contributed by atoms with van der Waals surface area (Å²) in [5.74, 6) is 0.622. The van der Waals surface area contributed by atoms with Crippen LogP contribution in [0.15, 0.2) is 70.7 Å². The molecule has 1 saturated carbocycles. The normalized spacial score (nSPS) is 21.8. The number of hydrogen-bond acceptors (Lipinski definition) is 3. The van der Waals surface area contributed by atoms with Crippen LogP contribution in [0, 0.1) is 28.6 Å². The van der Waals surface area contributed by atoms with E-state index >= 15 is 0 Å². The van der Waals surface area contributed by atoms with E-state index in [0.29, 0.717) is 17.1 Å². The number of para-hydroxylation sites is 1. The second-order valence-corrected chi connectivity index (χ2v) is 8.11. The summed E-state index contributed by atoms with van der Waals surface area (Å²) < 4.78 is 43.9. The fourth-order valence-corrected chi connectivity index (χ4v) is 3.45. The summed E-state index contributed by atoms with van der Waals surface area (Å²) in [4.78, 5) is 4.34. The quantitative estimate of drug-likeness (QED) is 0.458. The van der Waals surface area contributed by atoms with Crippen molar-refractivity contribution in [2.75, 3.05) is 0 Å². The molecule has 1 fully saturated rings. The maximum atomic E-state index is 12.7. The van der Waals surface area contributed by atoms with Gasteiger partial charge in [0.25, 0.3) is 0 Å². The maximum Gasteiger partial charge on any atom is 0.426 e. The summed E-state index contributed by atoms with van der Waals surface area (Å²) in [7, 11) is 0. The minimum absolute atomic E-state index is 0.229. The van der Waals surface area contributed by atoms with Gasteiger partial charge in [-0.15, -0.1) is 0 Å². The SMILES string of the molecule is CC1(C)C(/C=C(\Cl)C(F)(F)F)C1/C=N/C(C#N)c1cccc(Oc2ccccc2)c1. The lowest BCUT2D eigenvalue weighted by atomic mass is 10.1. The summed E-state index contributed by atoms with van der Waals surface area (Å²) in [5.41, 5.74) is 0.230. The first kappa shape index (κ1) is 21.9. The zero-order valence-electron chi connectivity index (χ0n) is 16.4.